The molecular formula is C14H13ClFNO3S. The summed E-state index contributed by atoms with van der Waals surface area (Å²) in [5, 5.41) is 0.174. The molecule has 0 aliphatic carbocycles. The molecule has 0 spiro atoms. The van der Waals surface area contributed by atoms with Crippen LogP contribution in [0, 0.1) is 5.82 Å². The van der Waals surface area contributed by atoms with Gasteiger partial charge >= 0.3 is 0 Å². The first-order valence-corrected chi connectivity index (χ1v) is 7.87. The summed E-state index contributed by atoms with van der Waals surface area (Å²) >= 11 is 5.85. The maximum absolute atomic E-state index is 13.6. The van der Waals surface area contributed by atoms with E-state index in [1.165, 1.54) is 49.6 Å². The molecule has 4 nitrogen and oxygen atoms in total. The number of halogens is 2. The van der Waals surface area contributed by atoms with Gasteiger partial charge in [-0.05, 0) is 36.4 Å². The van der Waals surface area contributed by atoms with Gasteiger partial charge in [-0.25, -0.2) is 17.5 Å². The SMILES string of the molecule is COc1ccc(S(=O)(=O)NCc2c(F)cccc2Cl)cc1. The van der Waals surface area contributed by atoms with Crippen LogP contribution in [0.25, 0.3) is 0 Å². The molecule has 2 aromatic rings. The monoisotopic (exact) mass is 329 g/mol. The first kappa shape index (κ1) is 15.8. The lowest BCUT2D eigenvalue weighted by Crippen LogP contribution is -2.23. The summed E-state index contributed by atoms with van der Waals surface area (Å²) in [4.78, 5) is 0.0655. The van der Waals surface area contributed by atoms with Gasteiger partial charge in [0.2, 0.25) is 10.0 Å². The quantitative estimate of drug-likeness (QED) is 0.917. The Kier molecular flexibility index (Phi) is 4.82. The zero-order valence-electron chi connectivity index (χ0n) is 11.1. The number of benzene rings is 2. The lowest BCUT2D eigenvalue weighted by Gasteiger charge is -2.09. The highest BCUT2D eigenvalue weighted by molar-refractivity contribution is 7.89. The van der Waals surface area contributed by atoms with Crippen LogP contribution in [0.2, 0.25) is 5.02 Å². The third-order valence-corrected chi connectivity index (χ3v) is 4.64. The van der Waals surface area contributed by atoms with E-state index in [9.17, 15) is 12.8 Å². The van der Waals surface area contributed by atoms with Crippen molar-refractivity contribution in [2.45, 2.75) is 11.4 Å². The molecule has 0 aliphatic rings. The van der Waals surface area contributed by atoms with Gasteiger partial charge in [-0.15, -0.1) is 0 Å². The molecule has 112 valence electrons. The van der Waals surface area contributed by atoms with Gasteiger partial charge in [0.05, 0.1) is 12.0 Å². The normalized spacial score (nSPS) is 11.4. The van der Waals surface area contributed by atoms with Crippen molar-refractivity contribution in [3.8, 4) is 5.75 Å². The second kappa shape index (κ2) is 6.43. The van der Waals surface area contributed by atoms with E-state index in [0.717, 1.165) is 0 Å². The Morgan fingerprint density at radius 3 is 2.43 bits per heavy atom. The first-order valence-electron chi connectivity index (χ1n) is 6.00. The van der Waals surface area contributed by atoms with Crippen molar-refractivity contribution in [1.82, 2.24) is 4.72 Å². The Bertz CT molecular complexity index is 712. The average molecular weight is 330 g/mol. The molecule has 0 atom stereocenters. The molecule has 0 radical (unpaired) electrons. The number of rotatable bonds is 5. The van der Waals surface area contributed by atoms with E-state index in [-0.39, 0.29) is 22.0 Å². The fourth-order valence-electron chi connectivity index (χ4n) is 1.71. The highest BCUT2D eigenvalue weighted by atomic mass is 35.5. The maximum Gasteiger partial charge on any atom is 0.240 e. The molecule has 0 saturated carbocycles. The Morgan fingerprint density at radius 1 is 1.19 bits per heavy atom. The molecule has 0 aliphatic heterocycles. The summed E-state index contributed by atoms with van der Waals surface area (Å²) in [6.45, 7) is -0.222. The van der Waals surface area contributed by atoms with Gasteiger partial charge in [0.1, 0.15) is 11.6 Å². The third-order valence-electron chi connectivity index (χ3n) is 2.87. The maximum atomic E-state index is 13.6. The van der Waals surface area contributed by atoms with Gasteiger partial charge in [-0.2, -0.15) is 0 Å². The molecule has 21 heavy (non-hydrogen) atoms. The predicted octanol–water partition coefficient (Wildman–Crippen LogP) is 2.97. The van der Waals surface area contributed by atoms with Crippen molar-refractivity contribution in [3.05, 3.63) is 58.9 Å². The van der Waals surface area contributed by atoms with Crippen molar-refractivity contribution in [1.29, 1.82) is 0 Å². The molecule has 0 heterocycles. The largest absolute Gasteiger partial charge is 0.497 e. The zero-order valence-corrected chi connectivity index (χ0v) is 12.7. The molecule has 0 unspecified atom stereocenters. The van der Waals surface area contributed by atoms with Gasteiger partial charge in [0.25, 0.3) is 0 Å². The molecule has 0 bridgehead atoms. The van der Waals surface area contributed by atoms with Crippen LogP contribution in [0.5, 0.6) is 5.75 Å². The number of nitrogens with one attached hydrogen (secondary N) is 1. The lowest BCUT2D eigenvalue weighted by atomic mass is 10.2. The lowest BCUT2D eigenvalue weighted by molar-refractivity contribution is 0.414. The van der Waals surface area contributed by atoms with E-state index in [2.05, 4.69) is 4.72 Å². The van der Waals surface area contributed by atoms with Crippen molar-refractivity contribution in [3.63, 3.8) is 0 Å². The fourth-order valence-corrected chi connectivity index (χ4v) is 2.93. The number of hydrogen-bond acceptors (Lipinski definition) is 3. The van der Waals surface area contributed by atoms with Crippen LogP contribution in [0.4, 0.5) is 4.39 Å². The Balaban J connectivity index is 2.17. The Labute approximate surface area is 127 Å². The molecule has 0 amide bonds. The van der Waals surface area contributed by atoms with Gasteiger partial charge in [0.15, 0.2) is 0 Å². The summed E-state index contributed by atoms with van der Waals surface area (Å²) in [7, 11) is -2.26. The Morgan fingerprint density at radius 2 is 1.86 bits per heavy atom. The highest BCUT2D eigenvalue weighted by Crippen LogP contribution is 2.20. The van der Waals surface area contributed by atoms with E-state index in [0.29, 0.717) is 5.75 Å². The van der Waals surface area contributed by atoms with E-state index in [1.807, 2.05) is 0 Å². The summed E-state index contributed by atoms with van der Waals surface area (Å²) in [5.74, 6) is -0.00831. The van der Waals surface area contributed by atoms with Gasteiger partial charge in [-0.3, -0.25) is 0 Å². The first-order chi connectivity index (χ1) is 9.94. The fraction of sp³-hybridized carbons (Fsp3) is 0.143. The molecule has 7 heteroatoms. The second-order valence-corrected chi connectivity index (χ2v) is 6.37. The molecule has 1 N–H and O–H groups in total. The van der Waals surface area contributed by atoms with Crippen molar-refractivity contribution >= 4 is 21.6 Å². The average Bonchev–Trinajstić information content (AvgIpc) is 2.47. The van der Waals surface area contributed by atoms with Gasteiger partial charge in [-0.1, -0.05) is 17.7 Å². The van der Waals surface area contributed by atoms with Crippen LogP contribution in [0.1, 0.15) is 5.56 Å². The minimum atomic E-state index is -3.75. The summed E-state index contributed by atoms with van der Waals surface area (Å²) < 4.78 is 45.1. The number of methoxy groups -OCH3 is 1. The Hall–Kier alpha value is -1.63. The van der Waals surface area contributed by atoms with Gasteiger partial charge < -0.3 is 4.74 Å². The van der Waals surface area contributed by atoms with Gasteiger partial charge in [0, 0.05) is 17.1 Å². The van der Waals surface area contributed by atoms with Crippen LogP contribution < -0.4 is 9.46 Å². The van der Waals surface area contributed by atoms with Crippen LogP contribution in [0.3, 0.4) is 0 Å². The van der Waals surface area contributed by atoms with E-state index >= 15 is 0 Å². The van der Waals surface area contributed by atoms with Crippen molar-refractivity contribution in [2.75, 3.05) is 7.11 Å². The van der Waals surface area contributed by atoms with E-state index in [1.54, 1.807) is 0 Å². The molecule has 0 fully saturated rings. The zero-order chi connectivity index (χ0) is 15.5. The van der Waals surface area contributed by atoms with Crippen LogP contribution >= 0.6 is 11.6 Å². The van der Waals surface area contributed by atoms with Crippen LogP contribution in [-0.2, 0) is 16.6 Å². The molecule has 2 rings (SSSR count). The highest BCUT2D eigenvalue weighted by Gasteiger charge is 2.16. The van der Waals surface area contributed by atoms with Crippen molar-refractivity contribution in [2.24, 2.45) is 0 Å². The minimum absolute atomic E-state index is 0.0655. The molecule has 0 saturated heterocycles. The van der Waals surface area contributed by atoms with E-state index < -0.39 is 15.8 Å². The van der Waals surface area contributed by atoms with Crippen molar-refractivity contribution < 1.29 is 17.5 Å². The topological polar surface area (TPSA) is 55.4 Å². The number of hydrogen-bond donors (Lipinski definition) is 1. The summed E-state index contributed by atoms with van der Waals surface area (Å²) in [5.41, 5.74) is 0.108. The minimum Gasteiger partial charge on any atom is -0.497 e. The molecule has 2 aromatic carbocycles. The smallest absolute Gasteiger partial charge is 0.240 e. The molecule has 0 aromatic heterocycles. The number of ether oxygens (including phenoxy) is 1. The summed E-state index contributed by atoms with van der Waals surface area (Å²) in [6, 6.07) is 10.1. The van der Waals surface area contributed by atoms with E-state index in [4.69, 9.17) is 16.3 Å². The van der Waals surface area contributed by atoms with Crippen LogP contribution in [0.15, 0.2) is 47.4 Å². The summed E-state index contributed by atoms with van der Waals surface area (Å²) in [6.07, 6.45) is 0. The second-order valence-electron chi connectivity index (χ2n) is 4.20. The molecular weight excluding hydrogens is 317 g/mol. The predicted molar refractivity (Wildman–Crippen MR) is 78.4 cm³/mol. The number of sulfonamides is 1. The standard InChI is InChI=1S/C14H13ClFNO3S/c1-20-10-5-7-11(8-6-10)21(18,19)17-9-12-13(15)3-2-4-14(12)16/h2-8,17H,9H2,1H3. The van der Waals surface area contributed by atoms with Crippen LogP contribution in [-0.4, -0.2) is 15.5 Å². The third kappa shape index (κ3) is 3.72.